The van der Waals surface area contributed by atoms with E-state index in [9.17, 15) is 5.11 Å². The molecule has 5 heteroatoms. The van der Waals surface area contributed by atoms with Crippen molar-refractivity contribution in [2.75, 3.05) is 0 Å². The summed E-state index contributed by atoms with van der Waals surface area (Å²) in [6.07, 6.45) is 1.94. The van der Waals surface area contributed by atoms with Crippen molar-refractivity contribution in [2.45, 2.75) is 13.1 Å². The van der Waals surface area contributed by atoms with Gasteiger partial charge in [0.2, 0.25) is 0 Å². The normalized spacial score (nSPS) is 10.9. The van der Waals surface area contributed by atoms with Crippen LogP contribution in [0, 0.1) is 0 Å². The minimum Gasteiger partial charge on any atom is -0.508 e. The van der Waals surface area contributed by atoms with Crippen molar-refractivity contribution in [3.8, 4) is 5.75 Å². The number of nitrogens with zero attached hydrogens (tertiary/aromatic N) is 3. The van der Waals surface area contributed by atoms with E-state index in [0.29, 0.717) is 18.8 Å². The van der Waals surface area contributed by atoms with E-state index < -0.39 is 0 Å². The Bertz CT molecular complexity index is 692. The van der Waals surface area contributed by atoms with Crippen molar-refractivity contribution in [1.82, 2.24) is 19.9 Å². The highest BCUT2D eigenvalue weighted by atomic mass is 16.3. The van der Waals surface area contributed by atoms with Crippen molar-refractivity contribution >= 4 is 5.65 Å². The molecule has 3 rings (SSSR count). The molecule has 2 aromatic heterocycles. The molecule has 5 nitrogen and oxygen atoms in total. The van der Waals surface area contributed by atoms with E-state index in [-0.39, 0.29) is 0 Å². The zero-order valence-corrected chi connectivity index (χ0v) is 10.3. The molecule has 2 N–H and O–H groups in total. The van der Waals surface area contributed by atoms with E-state index in [1.54, 1.807) is 6.07 Å². The highest BCUT2D eigenvalue weighted by molar-refractivity contribution is 5.37. The summed E-state index contributed by atoms with van der Waals surface area (Å²) < 4.78 is 1.94. The zero-order chi connectivity index (χ0) is 13.1. The van der Waals surface area contributed by atoms with Gasteiger partial charge in [-0.1, -0.05) is 24.3 Å². The number of para-hydroxylation sites is 1. The first-order valence-electron chi connectivity index (χ1n) is 6.11. The van der Waals surface area contributed by atoms with Gasteiger partial charge in [-0.25, -0.2) is 0 Å². The van der Waals surface area contributed by atoms with Gasteiger partial charge in [0.05, 0.1) is 6.54 Å². The third-order valence-corrected chi connectivity index (χ3v) is 2.97. The van der Waals surface area contributed by atoms with E-state index in [0.717, 1.165) is 17.0 Å². The second kappa shape index (κ2) is 5.07. The van der Waals surface area contributed by atoms with E-state index in [2.05, 4.69) is 15.5 Å². The second-order valence-electron chi connectivity index (χ2n) is 4.28. The number of nitrogens with one attached hydrogen (secondary N) is 1. The fourth-order valence-electron chi connectivity index (χ4n) is 1.98. The van der Waals surface area contributed by atoms with Crippen LogP contribution in [-0.4, -0.2) is 19.7 Å². The van der Waals surface area contributed by atoms with Crippen molar-refractivity contribution in [1.29, 1.82) is 0 Å². The van der Waals surface area contributed by atoms with Crippen LogP contribution in [0.2, 0.25) is 0 Å². The molecular formula is C14H14N4O. The van der Waals surface area contributed by atoms with Gasteiger partial charge in [-0.05, 0) is 18.2 Å². The van der Waals surface area contributed by atoms with Crippen LogP contribution in [0.1, 0.15) is 11.4 Å². The summed E-state index contributed by atoms with van der Waals surface area (Å²) in [5.74, 6) is 1.16. The zero-order valence-electron chi connectivity index (χ0n) is 10.3. The summed E-state index contributed by atoms with van der Waals surface area (Å²) in [6.45, 7) is 1.19. The van der Waals surface area contributed by atoms with Crippen molar-refractivity contribution in [3.05, 3.63) is 60.0 Å². The van der Waals surface area contributed by atoms with Crippen LogP contribution in [0.3, 0.4) is 0 Å². The third kappa shape index (κ3) is 2.41. The molecule has 1 aromatic carbocycles. The summed E-state index contributed by atoms with van der Waals surface area (Å²) in [5.41, 5.74) is 1.71. The average Bonchev–Trinajstić information content (AvgIpc) is 2.85. The Morgan fingerprint density at radius 3 is 2.74 bits per heavy atom. The molecule has 3 aromatic rings. The summed E-state index contributed by atoms with van der Waals surface area (Å²) in [6, 6.07) is 13.1. The summed E-state index contributed by atoms with van der Waals surface area (Å²) >= 11 is 0. The minimum absolute atomic E-state index is 0.307. The van der Waals surface area contributed by atoms with Gasteiger partial charge in [-0.3, -0.25) is 4.40 Å². The minimum atomic E-state index is 0.307. The van der Waals surface area contributed by atoms with Gasteiger partial charge in [-0.15, -0.1) is 10.2 Å². The molecule has 0 radical (unpaired) electrons. The number of rotatable bonds is 4. The molecule has 0 amide bonds. The standard InChI is InChI=1S/C14H14N4O/c19-12-6-2-1-5-11(12)9-15-10-14-17-16-13-7-3-4-8-18(13)14/h1-8,15,19H,9-10H2. The Morgan fingerprint density at radius 1 is 1.00 bits per heavy atom. The lowest BCUT2D eigenvalue weighted by Crippen LogP contribution is -2.15. The Labute approximate surface area is 110 Å². The fraction of sp³-hybridized carbons (Fsp3) is 0.143. The molecule has 0 unspecified atom stereocenters. The first kappa shape index (κ1) is 11.7. The number of benzene rings is 1. The van der Waals surface area contributed by atoms with Crippen LogP contribution in [-0.2, 0) is 13.1 Å². The van der Waals surface area contributed by atoms with Crippen LogP contribution >= 0.6 is 0 Å². The Hall–Kier alpha value is -2.40. The molecule has 0 atom stereocenters. The Kier molecular flexibility index (Phi) is 3.12. The molecule has 0 aliphatic rings. The van der Waals surface area contributed by atoms with Crippen LogP contribution in [0.15, 0.2) is 48.7 Å². The predicted molar refractivity (Wildman–Crippen MR) is 71.6 cm³/mol. The van der Waals surface area contributed by atoms with Crippen LogP contribution in [0.25, 0.3) is 5.65 Å². The lowest BCUT2D eigenvalue weighted by molar-refractivity contribution is 0.464. The van der Waals surface area contributed by atoms with Gasteiger partial charge in [0.25, 0.3) is 0 Å². The second-order valence-corrected chi connectivity index (χ2v) is 4.28. The van der Waals surface area contributed by atoms with Gasteiger partial charge >= 0.3 is 0 Å². The molecule has 0 aliphatic heterocycles. The Morgan fingerprint density at radius 2 is 1.84 bits per heavy atom. The van der Waals surface area contributed by atoms with Gasteiger partial charge in [0.1, 0.15) is 5.75 Å². The van der Waals surface area contributed by atoms with Crippen LogP contribution in [0.4, 0.5) is 0 Å². The van der Waals surface area contributed by atoms with E-state index in [1.807, 2.05) is 47.0 Å². The van der Waals surface area contributed by atoms with Gasteiger partial charge in [0.15, 0.2) is 11.5 Å². The number of phenolic OH excluding ortho intramolecular Hbond substituents is 1. The molecule has 0 aliphatic carbocycles. The lowest BCUT2D eigenvalue weighted by Gasteiger charge is -2.05. The van der Waals surface area contributed by atoms with E-state index in [1.165, 1.54) is 0 Å². The number of fused-ring (bicyclic) bond motifs is 1. The quantitative estimate of drug-likeness (QED) is 0.744. The van der Waals surface area contributed by atoms with Crippen molar-refractivity contribution < 1.29 is 5.11 Å². The highest BCUT2D eigenvalue weighted by Crippen LogP contribution is 2.15. The maximum Gasteiger partial charge on any atom is 0.160 e. The monoisotopic (exact) mass is 254 g/mol. The molecule has 0 fully saturated rings. The van der Waals surface area contributed by atoms with E-state index >= 15 is 0 Å². The first-order valence-corrected chi connectivity index (χ1v) is 6.11. The lowest BCUT2D eigenvalue weighted by atomic mass is 10.2. The molecular weight excluding hydrogens is 240 g/mol. The fourth-order valence-corrected chi connectivity index (χ4v) is 1.98. The molecule has 0 saturated carbocycles. The molecule has 0 saturated heterocycles. The topological polar surface area (TPSA) is 62.5 Å². The molecule has 2 heterocycles. The van der Waals surface area contributed by atoms with Gasteiger partial charge in [-0.2, -0.15) is 0 Å². The smallest absolute Gasteiger partial charge is 0.160 e. The summed E-state index contributed by atoms with van der Waals surface area (Å²) in [7, 11) is 0. The highest BCUT2D eigenvalue weighted by Gasteiger charge is 2.04. The number of aromatic nitrogens is 3. The number of pyridine rings is 1. The first-order chi connectivity index (χ1) is 9.34. The maximum absolute atomic E-state index is 9.67. The molecule has 96 valence electrons. The number of hydrogen-bond donors (Lipinski definition) is 2. The predicted octanol–water partition coefficient (Wildman–Crippen LogP) is 1.72. The van der Waals surface area contributed by atoms with Crippen LogP contribution < -0.4 is 5.32 Å². The molecule has 19 heavy (non-hydrogen) atoms. The van der Waals surface area contributed by atoms with E-state index in [4.69, 9.17) is 0 Å². The number of aromatic hydroxyl groups is 1. The SMILES string of the molecule is Oc1ccccc1CNCc1nnc2ccccn12. The van der Waals surface area contributed by atoms with Gasteiger partial charge < -0.3 is 10.4 Å². The third-order valence-electron chi connectivity index (χ3n) is 2.97. The van der Waals surface area contributed by atoms with Gasteiger partial charge in [0, 0.05) is 18.3 Å². The molecule has 0 bridgehead atoms. The summed E-state index contributed by atoms with van der Waals surface area (Å²) in [5, 5.41) is 21.1. The number of hydrogen-bond acceptors (Lipinski definition) is 4. The average molecular weight is 254 g/mol. The van der Waals surface area contributed by atoms with Crippen molar-refractivity contribution in [2.24, 2.45) is 0 Å². The largest absolute Gasteiger partial charge is 0.508 e. The van der Waals surface area contributed by atoms with Crippen molar-refractivity contribution in [3.63, 3.8) is 0 Å². The van der Waals surface area contributed by atoms with Crippen LogP contribution in [0.5, 0.6) is 5.75 Å². The maximum atomic E-state index is 9.67. The number of phenols is 1. The molecule has 0 spiro atoms. The Balaban J connectivity index is 1.68. The summed E-state index contributed by atoms with van der Waals surface area (Å²) in [4.78, 5) is 0.